The molecule has 0 saturated heterocycles. The summed E-state index contributed by atoms with van der Waals surface area (Å²) in [5.74, 6) is 1.41. The van der Waals surface area contributed by atoms with Gasteiger partial charge in [0.2, 0.25) is 0 Å². The Balaban J connectivity index is 2.40. The van der Waals surface area contributed by atoms with Gasteiger partial charge in [-0.2, -0.15) is 0 Å². The van der Waals surface area contributed by atoms with Crippen LogP contribution in [-0.4, -0.2) is 19.1 Å². The van der Waals surface area contributed by atoms with Crippen LogP contribution in [0.1, 0.15) is 41.5 Å². The Morgan fingerprint density at radius 3 is 1.87 bits per heavy atom. The lowest BCUT2D eigenvalue weighted by Crippen LogP contribution is -2.41. The molecule has 0 aromatic rings. The quantitative estimate of drug-likeness (QED) is 0.733. The fourth-order valence-electron chi connectivity index (χ4n) is 2.70. The zero-order valence-corrected chi connectivity index (χ0v) is 11.2. The van der Waals surface area contributed by atoms with E-state index in [1.165, 1.54) is 0 Å². The van der Waals surface area contributed by atoms with Gasteiger partial charge < -0.3 is 11.1 Å². The Hall–Kier alpha value is -0.0800. The summed E-state index contributed by atoms with van der Waals surface area (Å²) < 4.78 is 0. The van der Waals surface area contributed by atoms with Crippen LogP contribution < -0.4 is 11.1 Å². The van der Waals surface area contributed by atoms with Gasteiger partial charge in [-0.05, 0) is 29.2 Å². The van der Waals surface area contributed by atoms with E-state index in [4.69, 9.17) is 5.73 Å². The third-order valence-electron chi connectivity index (χ3n) is 4.96. The Labute approximate surface area is 95.0 Å². The predicted octanol–water partition coefficient (Wildman–Crippen LogP) is 2.24. The molecule has 1 saturated carbocycles. The second-order valence-electron chi connectivity index (χ2n) is 6.49. The van der Waals surface area contributed by atoms with Crippen LogP contribution >= 0.6 is 0 Å². The maximum Gasteiger partial charge on any atom is 0.0213 e. The fraction of sp³-hybridized carbons (Fsp3) is 1.00. The van der Waals surface area contributed by atoms with Crippen molar-refractivity contribution in [1.29, 1.82) is 0 Å². The van der Waals surface area contributed by atoms with Crippen molar-refractivity contribution < 1.29 is 0 Å². The van der Waals surface area contributed by atoms with Crippen LogP contribution in [0.4, 0.5) is 0 Å². The number of rotatable bonds is 5. The molecule has 15 heavy (non-hydrogen) atoms. The van der Waals surface area contributed by atoms with Crippen molar-refractivity contribution in [2.75, 3.05) is 13.1 Å². The minimum atomic E-state index is 0.470. The lowest BCUT2D eigenvalue weighted by Gasteiger charge is -2.21. The molecule has 0 bridgehead atoms. The van der Waals surface area contributed by atoms with Gasteiger partial charge in [-0.1, -0.05) is 41.5 Å². The topological polar surface area (TPSA) is 38.0 Å². The third kappa shape index (κ3) is 2.21. The molecule has 1 rings (SSSR count). The van der Waals surface area contributed by atoms with Crippen molar-refractivity contribution in [3.63, 3.8) is 0 Å². The van der Waals surface area contributed by atoms with Crippen LogP contribution in [0.15, 0.2) is 0 Å². The predicted molar refractivity (Wildman–Crippen MR) is 66.7 cm³/mol. The Kier molecular flexibility index (Phi) is 3.52. The van der Waals surface area contributed by atoms with Crippen molar-refractivity contribution in [2.45, 2.75) is 47.6 Å². The Morgan fingerprint density at radius 2 is 1.60 bits per heavy atom. The van der Waals surface area contributed by atoms with Gasteiger partial charge in [0.1, 0.15) is 0 Å². The van der Waals surface area contributed by atoms with Crippen LogP contribution in [0.25, 0.3) is 0 Å². The van der Waals surface area contributed by atoms with E-state index in [2.05, 4.69) is 46.9 Å². The molecular formula is C13H28N2. The van der Waals surface area contributed by atoms with Gasteiger partial charge in [0.05, 0.1) is 0 Å². The zero-order valence-electron chi connectivity index (χ0n) is 11.2. The molecule has 1 fully saturated rings. The van der Waals surface area contributed by atoms with Crippen molar-refractivity contribution in [3.05, 3.63) is 0 Å². The molecule has 0 spiro atoms. The van der Waals surface area contributed by atoms with Crippen LogP contribution in [0, 0.1) is 22.7 Å². The highest BCUT2D eigenvalue weighted by Crippen LogP contribution is 2.67. The monoisotopic (exact) mass is 212 g/mol. The van der Waals surface area contributed by atoms with Gasteiger partial charge in [-0.25, -0.2) is 0 Å². The lowest BCUT2D eigenvalue weighted by molar-refractivity contribution is 0.383. The first-order valence-corrected chi connectivity index (χ1v) is 6.18. The smallest absolute Gasteiger partial charge is 0.0213 e. The van der Waals surface area contributed by atoms with E-state index in [-0.39, 0.29) is 0 Å². The molecule has 2 heteroatoms. The highest BCUT2D eigenvalue weighted by Gasteiger charge is 2.63. The van der Waals surface area contributed by atoms with Crippen molar-refractivity contribution in [1.82, 2.24) is 5.32 Å². The largest absolute Gasteiger partial charge is 0.329 e. The van der Waals surface area contributed by atoms with Crippen LogP contribution in [0.3, 0.4) is 0 Å². The molecule has 3 N–H and O–H groups in total. The van der Waals surface area contributed by atoms with E-state index in [1.807, 2.05) is 0 Å². The minimum Gasteiger partial charge on any atom is -0.329 e. The van der Waals surface area contributed by atoms with Crippen molar-refractivity contribution in [3.8, 4) is 0 Å². The summed E-state index contributed by atoms with van der Waals surface area (Å²) in [7, 11) is 0. The van der Waals surface area contributed by atoms with E-state index in [0.29, 0.717) is 22.8 Å². The average molecular weight is 212 g/mol. The second kappa shape index (κ2) is 4.06. The van der Waals surface area contributed by atoms with Crippen molar-refractivity contribution in [2.24, 2.45) is 28.4 Å². The summed E-state index contributed by atoms with van der Waals surface area (Å²) in [6.07, 6.45) is 0. The van der Waals surface area contributed by atoms with Crippen LogP contribution in [-0.2, 0) is 0 Å². The highest BCUT2D eigenvalue weighted by molar-refractivity contribution is 5.13. The van der Waals surface area contributed by atoms with E-state index in [9.17, 15) is 0 Å². The lowest BCUT2D eigenvalue weighted by atomic mass is 10.0. The number of hydrogen-bond donors (Lipinski definition) is 2. The molecule has 0 aromatic carbocycles. The molecule has 1 aliphatic rings. The molecule has 0 aliphatic heterocycles. The maximum absolute atomic E-state index is 5.75. The van der Waals surface area contributed by atoms with E-state index in [1.54, 1.807) is 0 Å². The number of nitrogens with one attached hydrogen (secondary N) is 1. The summed E-state index contributed by atoms with van der Waals surface area (Å²) >= 11 is 0. The second-order valence-corrected chi connectivity index (χ2v) is 6.49. The van der Waals surface area contributed by atoms with Gasteiger partial charge in [0, 0.05) is 12.6 Å². The van der Waals surface area contributed by atoms with E-state index >= 15 is 0 Å². The van der Waals surface area contributed by atoms with Gasteiger partial charge in [-0.3, -0.25) is 0 Å². The fourth-order valence-corrected chi connectivity index (χ4v) is 2.70. The molecule has 0 radical (unpaired) electrons. The van der Waals surface area contributed by atoms with E-state index in [0.717, 1.165) is 19.0 Å². The summed E-state index contributed by atoms with van der Waals surface area (Å²) in [5, 5.41) is 3.62. The highest BCUT2D eigenvalue weighted by atomic mass is 15.0. The normalized spacial score (nSPS) is 25.6. The Morgan fingerprint density at radius 1 is 1.13 bits per heavy atom. The minimum absolute atomic E-state index is 0.470. The number of hydrogen-bond acceptors (Lipinski definition) is 2. The zero-order chi connectivity index (χ0) is 11.9. The first-order chi connectivity index (χ1) is 6.75. The first-order valence-electron chi connectivity index (χ1n) is 6.18. The van der Waals surface area contributed by atoms with Crippen LogP contribution in [0.2, 0.25) is 0 Å². The van der Waals surface area contributed by atoms with Crippen LogP contribution in [0.5, 0.6) is 0 Å². The molecule has 1 atom stereocenters. The Bertz CT molecular complexity index is 205. The molecule has 2 nitrogen and oxygen atoms in total. The summed E-state index contributed by atoms with van der Waals surface area (Å²) in [6, 6.07) is 0.470. The number of nitrogens with two attached hydrogens (primary N) is 1. The van der Waals surface area contributed by atoms with Gasteiger partial charge in [-0.15, -0.1) is 0 Å². The average Bonchev–Trinajstić information content (AvgIpc) is 2.47. The molecule has 0 heterocycles. The standard InChI is InChI=1S/C13H28N2/c1-9(2)10(7-14)15-8-11-12(3,4)13(11,5)6/h9-11,15H,7-8,14H2,1-6H3. The van der Waals surface area contributed by atoms with E-state index < -0.39 is 0 Å². The maximum atomic E-state index is 5.75. The molecule has 1 aliphatic carbocycles. The first kappa shape index (κ1) is 13.0. The van der Waals surface area contributed by atoms with Gasteiger partial charge >= 0.3 is 0 Å². The molecule has 0 amide bonds. The SMILES string of the molecule is CC(C)C(CN)NCC1C(C)(C)C1(C)C. The molecular weight excluding hydrogens is 184 g/mol. The molecule has 0 aromatic heterocycles. The van der Waals surface area contributed by atoms with Gasteiger partial charge in [0.15, 0.2) is 0 Å². The molecule has 90 valence electrons. The van der Waals surface area contributed by atoms with Gasteiger partial charge in [0.25, 0.3) is 0 Å². The summed E-state index contributed by atoms with van der Waals surface area (Å²) in [5.41, 5.74) is 6.72. The summed E-state index contributed by atoms with van der Waals surface area (Å²) in [6.45, 7) is 15.8. The van der Waals surface area contributed by atoms with Crippen molar-refractivity contribution >= 4 is 0 Å². The summed E-state index contributed by atoms with van der Waals surface area (Å²) in [4.78, 5) is 0. The molecule has 1 unspecified atom stereocenters. The third-order valence-corrected chi connectivity index (χ3v) is 4.96.